The van der Waals surface area contributed by atoms with Gasteiger partial charge in [-0.1, -0.05) is 0 Å². The van der Waals surface area contributed by atoms with Gasteiger partial charge in [0.15, 0.2) is 0 Å². The number of hydrogen-bond acceptors (Lipinski definition) is 4. The molecular formula is C7H16FO3PS. The SMILES string of the molecule is CC(C)O[PH](=O)C(C)(C)O[C@@H](F)S. The maximum absolute atomic E-state index is 12.4. The second-order valence-corrected chi connectivity index (χ2v) is 5.80. The van der Waals surface area contributed by atoms with Crippen LogP contribution in [0.15, 0.2) is 0 Å². The molecule has 2 atom stereocenters. The lowest BCUT2D eigenvalue weighted by Gasteiger charge is -2.25. The zero-order chi connectivity index (χ0) is 10.6. The summed E-state index contributed by atoms with van der Waals surface area (Å²) in [5, 5.41) is -1.11. The van der Waals surface area contributed by atoms with Gasteiger partial charge in [0.05, 0.1) is 6.10 Å². The highest BCUT2D eigenvalue weighted by atomic mass is 32.1. The second-order valence-electron chi connectivity index (χ2n) is 3.37. The highest BCUT2D eigenvalue weighted by Crippen LogP contribution is 2.42. The fourth-order valence-corrected chi connectivity index (χ4v) is 1.92. The molecule has 0 aromatic heterocycles. The van der Waals surface area contributed by atoms with Gasteiger partial charge in [-0.05, 0) is 27.7 Å². The molecule has 13 heavy (non-hydrogen) atoms. The molecule has 0 rings (SSSR count). The van der Waals surface area contributed by atoms with Crippen molar-refractivity contribution in [1.82, 2.24) is 0 Å². The van der Waals surface area contributed by atoms with Crippen molar-refractivity contribution in [3.63, 3.8) is 0 Å². The van der Waals surface area contributed by atoms with Crippen molar-refractivity contribution in [2.75, 3.05) is 0 Å². The molecule has 0 N–H and O–H groups in total. The van der Waals surface area contributed by atoms with Gasteiger partial charge in [0.1, 0.15) is 5.34 Å². The standard InChI is InChI=1S/C7H16FO3PS/c1-5(2)11-12(9)7(3,4)10-6(8)13/h5-6,12-13H,1-4H3/t6-/m1/s1. The molecule has 0 heterocycles. The van der Waals surface area contributed by atoms with Crippen molar-refractivity contribution < 1.29 is 18.2 Å². The lowest BCUT2D eigenvalue weighted by atomic mass is 10.5. The van der Waals surface area contributed by atoms with Crippen molar-refractivity contribution in [1.29, 1.82) is 0 Å². The Bertz CT molecular complexity index is 185. The quantitative estimate of drug-likeness (QED) is 0.448. The Balaban J connectivity index is 4.19. The van der Waals surface area contributed by atoms with Gasteiger partial charge in [-0.25, -0.2) is 4.39 Å². The molecule has 0 saturated heterocycles. The Morgan fingerprint density at radius 2 is 1.92 bits per heavy atom. The molecule has 0 aromatic carbocycles. The Morgan fingerprint density at radius 1 is 1.46 bits per heavy atom. The lowest BCUT2D eigenvalue weighted by molar-refractivity contribution is -0.0416. The second kappa shape index (κ2) is 5.35. The van der Waals surface area contributed by atoms with Crippen LogP contribution in [0, 0.1) is 0 Å². The third-order valence-electron chi connectivity index (χ3n) is 1.23. The van der Waals surface area contributed by atoms with Crippen LogP contribution >= 0.6 is 20.7 Å². The molecule has 0 spiro atoms. The summed E-state index contributed by atoms with van der Waals surface area (Å²) < 4.78 is 33.5. The molecule has 6 heteroatoms. The van der Waals surface area contributed by atoms with Crippen molar-refractivity contribution in [2.24, 2.45) is 0 Å². The molecule has 0 fully saturated rings. The summed E-state index contributed by atoms with van der Waals surface area (Å²) in [6.45, 7) is 6.54. The maximum Gasteiger partial charge on any atom is 0.245 e. The van der Waals surface area contributed by atoms with Crippen LogP contribution in [0.1, 0.15) is 27.7 Å². The summed E-state index contributed by atoms with van der Waals surface area (Å²) in [5.74, 6) is 0. The number of alkyl halides is 1. The summed E-state index contributed by atoms with van der Waals surface area (Å²) in [6.07, 6.45) is -0.160. The minimum atomic E-state index is -2.42. The van der Waals surface area contributed by atoms with Gasteiger partial charge >= 0.3 is 0 Å². The molecule has 3 nitrogen and oxygen atoms in total. The normalized spacial score (nSPS) is 17.5. The summed E-state index contributed by atoms with van der Waals surface area (Å²) in [4.78, 5) is 0. The Hall–Kier alpha value is 0.430. The van der Waals surface area contributed by atoms with Gasteiger partial charge in [0.25, 0.3) is 0 Å². The van der Waals surface area contributed by atoms with Crippen LogP contribution in [0.2, 0.25) is 0 Å². The molecule has 0 amide bonds. The highest BCUT2D eigenvalue weighted by molar-refractivity contribution is 7.80. The van der Waals surface area contributed by atoms with Crippen molar-refractivity contribution in [2.45, 2.75) is 44.8 Å². The van der Waals surface area contributed by atoms with E-state index in [1.54, 1.807) is 13.8 Å². The van der Waals surface area contributed by atoms with Crippen LogP contribution in [0.5, 0.6) is 0 Å². The van der Waals surface area contributed by atoms with Crippen molar-refractivity contribution in [3.05, 3.63) is 0 Å². The summed E-state index contributed by atoms with van der Waals surface area (Å²) in [6, 6.07) is 0. The fraction of sp³-hybridized carbons (Fsp3) is 1.00. The van der Waals surface area contributed by atoms with Crippen LogP contribution in [0.25, 0.3) is 0 Å². The van der Waals surface area contributed by atoms with E-state index < -0.39 is 19.1 Å². The molecule has 1 unspecified atom stereocenters. The predicted molar refractivity (Wildman–Crippen MR) is 54.3 cm³/mol. The molecule has 0 aliphatic heterocycles. The molecule has 0 aliphatic rings. The van der Waals surface area contributed by atoms with Crippen molar-refractivity contribution >= 4 is 20.7 Å². The van der Waals surface area contributed by atoms with Crippen LogP contribution in [-0.4, -0.2) is 17.1 Å². The van der Waals surface area contributed by atoms with E-state index in [1.165, 1.54) is 13.8 Å². The van der Waals surface area contributed by atoms with E-state index in [2.05, 4.69) is 12.6 Å². The zero-order valence-electron chi connectivity index (χ0n) is 8.20. The van der Waals surface area contributed by atoms with E-state index in [4.69, 9.17) is 9.26 Å². The number of rotatable bonds is 5. The van der Waals surface area contributed by atoms with Crippen LogP contribution in [0.4, 0.5) is 4.39 Å². The fourth-order valence-electron chi connectivity index (χ4n) is 0.647. The molecule has 0 saturated carbocycles. The van der Waals surface area contributed by atoms with Gasteiger partial charge in [-0.15, -0.1) is 12.6 Å². The van der Waals surface area contributed by atoms with Crippen LogP contribution in [0.3, 0.4) is 0 Å². The van der Waals surface area contributed by atoms with Crippen LogP contribution in [-0.2, 0) is 13.8 Å². The molecule has 0 radical (unpaired) electrons. The van der Waals surface area contributed by atoms with E-state index >= 15 is 0 Å². The van der Waals surface area contributed by atoms with Gasteiger partial charge in [0.2, 0.25) is 13.7 Å². The Labute approximate surface area is 84.3 Å². The largest absolute Gasteiger partial charge is 0.326 e. The predicted octanol–water partition coefficient (Wildman–Crippen LogP) is 2.82. The van der Waals surface area contributed by atoms with E-state index in [0.717, 1.165) is 0 Å². The number of halogens is 1. The molecule has 0 aromatic rings. The van der Waals surface area contributed by atoms with E-state index in [1.807, 2.05) is 0 Å². The molecular weight excluding hydrogens is 214 g/mol. The average Bonchev–Trinajstić information content (AvgIpc) is 1.81. The Morgan fingerprint density at radius 3 is 2.23 bits per heavy atom. The van der Waals surface area contributed by atoms with Crippen LogP contribution < -0.4 is 0 Å². The number of thiol groups is 1. The van der Waals surface area contributed by atoms with Crippen molar-refractivity contribution in [3.8, 4) is 0 Å². The molecule has 0 bridgehead atoms. The number of ether oxygens (including phenoxy) is 1. The third kappa shape index (κ3) is 5.68. The monoisotopic (exact) mass is 230 g/mol. The number of hydrogen-bond donors (Lipinski definition) is 1. The first-order valence-corrected chi connectivity index (χ1v) is 5.80. The summed E-state index contributed by atoms with van der Waals surface area (Å²) >= 11 is 3.41. The minimum absolute atomic E-state index is 0.160. The minimum Gasteiger partial charge on any atom is -0.326 e. The van der Waals surface area contributed by atoms with E-state index in [0.29, 0.717) is 0 Å². The average molecular weight is 230 g/mol. The first-order chi connectivity index (χ1) is 5.75. The highest BCUT2D eigenvalue weighted by Gasteiger charge is 2.30. The maximum atomic E-state index is 12.4. The zero-order valence-corrected chi connectivity index (χ0v) is 10.1. The van der Waals surface area contributed by atoms with E-state index in [9.17, 15) is 8.96 Å². The van der Waals surface area contributed by atoms with Gasteiger partial charge in [-0.2, -0.15) is 0 Å². The smallest absolute Gasteiger partial charge is 0.245 e. The third-order valence-corrected chi connectivity index (χ3v) is 3.12. The Kier molecular flexibility index (Phi) is 5.52. The molecule has 80 valence electrons. The molecule has 0 aliphatic carbocycles. The van der Waals surface area contributed by atoms with E-state index in [-0.39, 0.29) is 6.10 Å². The summed E-state index contributed by atoms with van der Waals surface area (Å²) in [7, 11) is -2.42. The summed E-state index contributed by atoms with van der Waals surface area (Å²) in [5.41, 5.74) is -1.74. The first-order valence-electron chi connectivity index (χ1n) is 3.96. The lowest BCUT2D eigenvalue weighted by Crippen LogP contribution is -2.23. The first kappa shape index (κ1) is 13.4. The topological polar surface area (TPSA) is 35.5 Å². The van der Waals surface area contributed by atoms with Gasteiger partial charge in [-0.3, -0.25) is 4.57 Å². The van der Waals surface area contributed by atoms with Gasteiger partial charge in [0, 0.05) is 0 Å². The van der Waals surface area contributed by atoms with Gasteiger partial charge < -0.3 is 9.26 Å².